The molecule has 2 N–H and O–H groups in total. The van der Waals surface area contributed by atoms with Crippen molar-refractivity contribution >= 4 is 5.91 Å². The molecule has 1 rings (SSSR count). The second-order valence-corrected chi connectivity index (χ2v) is 5.98. The Kier molecular flexibility index (Phi) is 7.23. The number of unbranched alkanes of at least 4 members (excludes halogenated alkanes) is 1. The topological polar surface area (TPSA) is 58.6 Å². The van der Waals surface area contributed by atoms with Crippen LogP contribution in [0.2, 0.25) is 0 Å². The lowest BCUT2D eigenvalue weighted by atomic mass is 9.88. The largest absolute Gasteiger partial charge is 0.494 e. The van der Waals surface area contributed by atoms with Gasteiger partial charge in [-0.25, -0.2) is 0 Å². The van der Waals surface area contributed by atoms with Crippen molar-refractivity contribution in [1.82, 2.24) is 5.32 Å². The second-order valence-electron chi connectivity index (χ2n) is 5.98. The van der Waals surface area contributed by atoms with Crippen LogP contribution in [-0.2, 0) is 4.79 Å². The number of ether oxygens (including phenoxy) is 1. The fraction of sp³-hybridized carbons (Fsp3) is 0.588. The first-order chi connectivity index (χ1) is 9.95. The van der Waals surface area contributed by atoms with Crippen LogP contribution in [0.1, 0.15) is 38.7 Å². The van der Waals surface area contributed by atoms with E-state index >= 15 is 0 Å². The molecular weight excluding hydrogens is 266 g/mol. The average molecular weight is 293 g/mol. The highest BCUT2D eigenvalue weighted by atomic mass is 16.5. The maximum atomic E-state index is 11.9. The first-order valence-corrected chi connectivity index (χ1v) is 7.54. The van der Waals surface area contributed by atoms with Crippen molar-refractivity contribution in [2.24, 2.45) is 5.41 Å². The van der Waals surface area contributed by atoms with E-state index < -0.39 is 5.41 Å². The molecule has 1 amide bonds. The molecule has 1 aromatic rings. The highest BCUT2D eigenvalue weighted by Crippen LogP contribution is 2.19. The lowest BCUT2D eigenvalue weighted by Crippen LogP contribution is -2.38. The van der Waals surface area contributed by atoms with Gasteiger partial charge in [0.15, 0.2) is 0 Å². The number of rotatable bonds is 9. The van der Waals surface area contributed by atoms with E-state index in [2.05, 4.69) is 5.32 Å². The number of aliphatic hydroxyl groups excluding tert-OH is 1. The fourth-order valence-corrected chi connectivity index (χ4v) is 1.89. The molecular formula is C17H27NO3. The number of carbonyl (C=O) groups is 1. The van der Waals surface area contributed by atoms with Gasteiger partial charge in [-0.05, 0) is 38.3 Å². The number of hydrogen-bond donors (Lipinski definition) is 2. The van der Waals surface area contributed by atoms with E-state index in [4.69, 9.17) is 9.84 Å². The van der Waals surface area contributed by atoms with Crippen LogP contribution in [0, 0.1) is 12.3 Å². The Hall–Kier alpha value is -1.55. The third-order valence-electron chi connectivity index (χ3n) is 3.50. The van der Waals surface area contributed by atoms with Crippen molar-refractivity contribution in [1.29, 1.82) is 0 Å². The van der Waals surface area contributed by atoms with Crippen LogP contribution in [0.4, 0.5) is 0 Å². The molecule has 4 heteroatoms. The van der Waals surface area contributed by atoms with E-state index in [9.17, 15) is 4.79 Å². The van der Waals surface area contributed by atoms with Gasteiger partial charge in [0.05, 0.1) is 6.61 Å². The number of aliphatic hydroxyl groups is 1. The van der Waals surface area contributed by atoms with Gasteiger partial charge in [-0.2, -0.15) is 0 Å². The molecule has 0 unspecified atom stereocenters. The predicted molar refractivity (Wildman–Crippen MR) is 84.4 cm³/mol. The first-order valence-electron chi connectivity index (χ1n) is 7.54. The van der Waals surface area contributed by atoms with Gasteiger partial charge in [-0.3, -0.25) is 4.79 Å². The lowest BCUT2D eigenvalue weighted by molar-refractivity contribution is -0.130. The Morgan fingerprint density at radius 2 is 1.90 bits per heavy atom. The number of amides is 1. The van der Waals surface area contributed by atoms with E-state index in [1.165, 1.54) is 5.56 Å². The Morgan fingerprint density at radius 1 is 1.24 bits per heavy atom. The van der Waals surface area contributed by atoms with Gasteiger partial charge in [0.2, 0.25) is 5.91 Å². The minimum atomic E-state index is -0.507. The average Bonchev–Trinajstić information content (AvgIpc) is 2.44. The van der Waals surface area contributed by atoms with Crippen LogP contribution >= 0.6 is 0 Å². The molecule has 0 aliphatic heterocycles. The van der Waals surface area contributed by atoms with Crippen LogP contribution < -0.4 is 10.1 Å². The summed E-state index contributed by atoms with van der Waals surface area (Å²) >= 11 is 0. The number of nitrogens with one attached hydrogen (secondary N) is 1. The Balaban J connectivity index is 2.12. The van der Waals surface area contributed by atoms with Gasteiger partial charge in [-0.15, -0.1) is 0 Å². The quantitative estimate of drug-likeness (QED) is 0.688. The van der Waals surface area contributed by atoms with Crippen molar-refractivity contribution in [2.45, 2.75) is 40.0 Å². The van der Waals surface area contributed by atoms with Gasteiger partial charge in [0.1, 0.15) is 5.75 Å². The zero-order chi connectivity index (χ0) is 15.7. The van der Waals surface area contributed by atoms with Crippen LogP contribution in [0.3, 0.4) is 0 Å². The molecule has 0 atom stereocenters. The van der Waals surface area contributed by atoms with Crippen molar-refractivity contribution in [3.8, 4) is 5.75 Å². The number of carbonyl (C=O) groups excluding carboxylic acids is 1. The molecule has 0 aliphatic rings. The van der Waals surface area contributed by atoms with Crippen molar-refractivity contribution < 1.29 is 14.6 Å². The minimum absolute atomic E-state index is 0.00370. The van der Waals surface area contributed by atoms with Crippen molar-refractivity contribution in [3.63, 3.8) is 0 Å². The smallest absolute Gasteiger partial charge is 0.225 e. The summed E-state index contributed by atoms with van der Waals surface area (Å²) in [4.78, 5) is 11.9. The molecule has 0 aromatic heterocycles. The molecule has 0 spiro atoms. The van der Waals surface area contributed by atoms with Gasteiger partial charge in [0.25, 0.3) is 0 Å². The van der Waals surface area contributed by atoms with E-state index in [0.29, 0.717) is 19.6 Å². The Morgan fingerprint density at radius 3 is 2.52 bits per heavy atom. The zero-order valence-corrected chi connectivity index (χ0v) is 13.3. The van der Waals surface area contributed by atoms with Crippen LogP contribution in [0.5, 0.6) is 5.75 Å². The van der Waals surface area contributed by atoms with Crippen LogP contribution in [-0.4, -0.2) is 30.8 Å². The van der Waals surface area contributed by atoms with Crippen molar-refractivity contribution in [2.75, 3.05) is 19.8 Å². The summed E-state index contributed by atoms with van der Waals surface area (Å²) in [5, 5.41) is 11.8. The van der Waals surface area contributed by atoms with Crippen molar-refractivity contribution in [3.05, 3.63) is 29.8 Å². The highest BCUT2D eigenvalue weighted by Gasteiger charge is 2.26. The fourth-order valence-electron chi connectivity index (χ4n) is 1.89. The Labute approximate surface area is 127 Å². The summed E-state index contributed by atoms with van der Waals surface area (Å²) in [5.41, 5.74) is 0.711. The second kappa shape index (κ2) is 8.67. The molecule has 0 saturated heterocycles. The van der Waals surface area contributed by atoms with E-state index in [0.717, 1.165) is 18.6 Å². The molecule has 0 aliphatic carbocycles. The van der Waals surface area contributed by atoms with Gasteiger partial charge in [-0.1, -0.05) is 31.5 Å². The van der Waals surface area contributed by atoms with Crippen LogP contribution in [0.15, 0.2) is 24.3 Å². The summed E-state index contributed by atoms with van der Waals surface area (Å²) in [6.07, 6.45) is 2.26. The minimum Gasteiger partial charge on any atom is -0.494 e. The Bertz CT molecular complexity index is 426. The van der Waals surface area contributed by atoms with Crippen LogP contribution in [0.25, 0.3) is 0 Å². The summed E-state index contributed by atoms with van der Waals surface area (Å²) < 4.78 is 5.63. The molecule has 0 fully saturated rings. The van der Waals surface area contributed by atoms with Gasteiger partial charge >= 0.3 is 0 Å². The molecule has 0 heterocycles. The summed E-state index contributed by atoms with van der Waals surface area (Å²) in [6, 6.07) is 7.99. The number of benzene rings is 1. The molecule has 0 radical (unpaired) electrons. The highest BCUT2D eigenvalue weighted by molar-refractivity contribution is 5.81. The third kappa shape index (κ3) is 6.63. The molecule has 0 bridgehead atoms. The SMILES string of the molecule is Cc1ccc(OCCCCNC(=O)C(C)(C)CCO)cc1. The molecule has 21 heavy (non-hydrogen) atoms. The predicted octanol–water partition coefficient (Wildman–Crippen LogP) is 2.68. The summed E-state index contributed by atoms with van der Waals surface area (Å²) in [7, 11) is 0. The molecule has 1 aromatic carbocycles. The van der Waals surface area contributed by atoms with Gasteiger partial charge in [0, 0.05) is 18.6 Å². The molecule has 4 nitrogen and oxygen atoms in total. The standard InChI is InChI=1S/C17H27NO3/c1-14-6-8-15(9-7-14)21-13-5-4-11-18-16(20)17(2,3)10-12-19/h6-9,19H,4-5,10-13H2,1-3H3,(H,18,20). The molecule has 0 saturated carbocycles. The maximum Gasteiger partial charge on any atom is 0.225 e. The monoisotopic (exact) mass is 293 g/mol. The van der Waals surface area contributed by atoms with E-state index in [1.54, 1.807) is 0 Å². The number of hydrogen-bond acceptors (Lipinski definition) is 3. The zero-order valence-electron chi connectivity index (χ0n) is 13.3. The normalized spacial score (nSPS) is 11.2. The van der Waals surface area contributed by atoms with Gasteiger partial charge < -0.3 is 15.2 Å². The summed E-state index contributed by atoms with van der Waals surface area (Å²) in [6.45, 7) is 7.07. The maximum absolute atomic E-state index is 11.9. The number of aryl methyl sites for hydroxylation is 1. The lowest BCUT2D eigenvalue weighted by Gasteiger charge is -2.22. The summed E-state index contributed by atoms with van der Waals surface area (Å²) in [5.74, 6) is 0.879. The van der Waals surface area contributed by atoms with E-state index in [-0.39, 0.29) is 12.5 Å². The first kappa shape index (κ1) is 17.5. The van der Waals surface area contributed by atoms with E-state index in [1.807, 2.05) is 45.0 Å². The molecule has 118 valence electrons. The third-order valence-corrected chi connectivity index (χ3v) is 3.50.